The van der Waals surface area contributed by atoms with Gasteiger partial charge in [0.1, 0.15) is 22.3 Å². The summed E-state index contributed by atoms with van der Waals surface area (Å²) in [6, 6.07) is 75.1. The van der Waals surface area contributed by atoms with Crippen molar-refractivity contribution in [3.8, 4) is 11.5 Å². The van der Waals surface area contributed by atoms with E-state index in [1.54, 1.807) is 11.8 Å². The van der Waals surface area contributed by atoms with Crippen LogP contribution in [0.5, 0.6) is 11.5 Å². The van der Waals surface area contributed by atoms with E-state index in [-0.39, 0.29) is 0 Å². The molecule has 0 N–H and O–H groups in total. The third-order valence-electron chi connectivity index (χ3n) is 13.0. The Bertz CT molecular complexity index is 4020. The second kappa shape index (κ2) is 16.3. The Labute approximate surface area is 400 Å². The summed E-state index contributed by atoms with van der Waals surface area (Å²) in [6.07, 6.45) is 0. The number of hydrogen-bond donors (Lipinski definition) is 0. The van der Waals surface area contributed by atoms with Gasteiger partial charge in [0, 0.05) is 21.5 Å². The van der Waals surface area contributed by atoms with Gasteiger partial charge in [0.15, 0.2) is 11.5 Å². The van der Waals surface area contributed by atoms with E-state index >= 15 is 0 Å². The van der Waals surface area contributed by atoms with Gasteiger partial charge in [-0.05, 0) is 101 Å². The summed E-state index contributed by atoms with van der Waals surface area (Å²) >= 11 is 1.59. The molecule has 328 valence electrons. The molecule has 0 aliphatic carbocycles. The van der Waals surface area contributed by atoms with Crippen molar-refractivity contribution in [1.82, 2.24) is 0 Å². The Morgan fingerprint density at radius 1 is 0.261 bits per heavy atom. The van der Waals surface area contributed by atoms with Gasteiger partial charge in [0.05, 0.1) is 9.79 Å². The summed E-state index contributed by atoms with van der Waals surface area (Å²) in [4.78, 5) is 1.77. The van der Waals surface area contributed by atoms with Crippen molar-refractivity contribution < 1.29 is 25.8 Å². The first-order valence-electron chi connectivity index (χ1n) is 22.7. The number of hydrogen-bond acceptors (Lipinski definition) is 7. The van der Waals surface area contributed by atoms with Gasteiger partial charge in [-0.3, -0.25) is 0 Å². The van der Waals surface area contributed by atoms with Crippen molar-refractivity contribution in [3.05, 3.63) is 218 Å². The molecule has 2 heterocycles. The third-order valence-corrected chi connectivity index (χ3v) is 16.3. The normalized spacial score (nSPS) is 11.8. The zero-order chi connectivity index (χ0) is 45.4. The Morgan fingerprint density at radius 3 is 0.812 bits per heavy atom. The number of rotatable bonds is 6. The van der Waals surface area contributed by atoms with Crippen LogP contribution in [-0.4, -0.2) is 0 Å². The zero-order valence-electron chi connectivity index (χ0n) is 36.5. The molecule has 0 amide bonds. The third kappa shape index (κ3) is 6.81. The summed E-state index contributed by atoms with van der Waals surface area (Å²) in [7, 11) is -4.04. The van der Waals surface area contributed by atoms with E-state index in [0.717, 1.165) is 96.0 Å². The number of fused-ring (bicyclic) bond motifs is 16. The molecule has 0 bridgehead atoms. The van der Waals surface area contributed by atoms with Crippen molar-refractivity contribution in [2.24, 2.45) is 0 Å². The molecule has 14 rings (SSSR count). The molecule has 0 saturated carbocycles. The van der Waals surface area contributed by atoms with E-state index in [2.05, 4.69) is 182 Å². The molecule has 0 aliphatic heterocycles. The molecular formula is C60H36O6P2S. The lowest BCUT2D eigenvalue weighted by atomic mass is 9.99. The fourth-order valence-electron chi connectivity index (χ4n) is 9.84. The van der Waals surface area contributed by atoms with Crippen LogP contribution in [0.3, 0.4) is 0 Å². The highest BCUT2D eigenvalue weighted by Gasteiger charge is 2.22. The lowest BCUT2D eigenvalue weighted by Crippen LogP contribution is -1.90. The smallest absolute Gasteiger partial charge is 0.390 e. The largest absolute Gasteiger partial charge is 0.453 e. The minimum Gasteiger partial charge on any atom is -0.390 e. The van der Waals surface area contributed by atoms with Crippen LogP contribution in [0.4, 0.5) is 0 Å². The molecule has 12 aromatic carbocycles. The van der Waals surface area contributed by atoms with Gasteiger partial charge < -0.3 is 25.8 Å². The quantitative estimate of drug-likeness (QED) is 0.164. The summed E-state index contributed by atoms with van der Waals surface area (Å²) in [5, 5.41) is 16.8. The molecule has 6 nitrogen and oxygen atoms in total. The Kier molecular flexibility index (Phi) is 9.48. The first-order chi connectivity index (χ1) is 34.2. The minimum atomic E-state index is -2.02. The summed E-state index contributed by atoms with van der Waals surface area (Å²) in [6.45, 7) is 0. The predicted octanol–water partition coefficient (Wildman–Crippen LogP) is 19.6. The molecule has 0 unspecified atom stereocenters. The van der Waals surface area contributed by atoms with Crippen molar-refractivity contribution in [3.63, 3.8) is 0 Å². The highest BCUT2D eigenvalue weighted by Crippen LogP contribution is 2.52. The maximum Gasteiger partial charge on any atom is 0.453 e. The van der Waals surface area contributed by atoms with Crippen molar-refractivity contribution in [2.45, 2.75) is 9.79 Å². The summed E-state index contributed by atoms with van der Waals surface area (Å²) in [5.41, 5.74) is 2.79. The average Bonchev–Trinajstić information content (AvgIpc) is 3.67. The molecule has 14 aromatic rings. The summed E-state index contributed by atoms with van der Waals surface area (Å²) < 4.78 is 41.7. The Balaban J connectivity index is 0.962. The topological polar surface area (TPSA) is 71.0 Å². The lowest BCUT2D eigenvalue weighted by Gasteiger charge is -2.16. The first-order valence-corrected chi connectivity index (χ1v) is 25.7. The standard InChI is InChI=1S/C60H36O6P2S/c1-7-19-43-37(13-1)25-31-49-55(43)56-44-20-8-2-14-38(44)26-32-50(56)62-67(61-49)65-53-35-29-41-17-5-11-23-47(41)59(53)69-60-48-24-12-6-18-42(48)30-36-54(60)66-68-63-51-33-27-39-15-3-9-21-45(39)57(51)58-46-22-10-4-16-40(46)28-34-52(58)64-68/h1-36H. The van der Waals surface area contributed by atoms with E-state index in [1.807, 2.05) is 36.4 Å². The SMILES string of the molecule is c1ccc2c(Sc3c(Op4oc5ccc6ccccc6c5c5c(ccc6ccccc65)o4)ccc4ccccc34)c(Op3oc4ccc5ccccc5c4c4c(ccc5ccccc54)o3)ccc2c1. The van der Waals surface area contributed by atoms with Gasteiger partial charge in [-0.15, -0.1) is 0 Å². The van der Waals surface area contributed by atoms with Gasteiger partial charge in [-0.1, -0.05) is 194 Å². The fourth-order valence-corrected chi connectivity index (χ4v) is 13.3. The van der Waals surface area contributed by atoms with Crippen LogP contribution in [-0.2, 0) is 0 Å². The van der Waals surface area contributed by atoms with Crippen LogP contribution in [0.1, 0.15) is 0 Å². The minimum absolute atomic E-state index is 0.615. The molecule has 0 radical (unpaired) electrons. The van der Waals surface area contributed by atoms with E-state index in [1.165, 1.54) is 0 Å². The molecule has 0 atom stereocenters. The van der Waals surface area contributed by atoms with Gasteiger partial charge in [-0.2, -0.15) is 0 Å². The van der Waals surface area contributed by atoms with Crippen LogP contribution in [0.15, 0.2) is 245 Å². The highest BCUT2D eigenvalue weighted by atomic mass is 32.2. The predicted molar refractivity (Wildman–Crippen MR) is 287 cm³/mol. The van der Waals surface area contributed by atoms with Crippen LogP contribution in [0.25, 0.3) is 109 Å². The molecule has 2 aromatic heterocycles. The molecule has 0 aliphatic rings. The van der Waals surface area contributed by atoms with Crippen molar-refractivity contribution in [1.29, 1.82) is 0 Å². The maximum absolute atomic E-state index is 7.06. The lowest BCUT2D eigenvalue weighted by molar-refractivity contribution is 0.492. The highest BCUT2D eigenvalue weighted by molar-refractivity contribution is 8.00. The van der Waals surface area contributed by atoms with Gasteiger partial charge in [-0.25, -0.2) is 0 Å². The first kappa shape index (κ1) is 40.1. The van der Waals surface area contributed by atoms with Crippen molar-refractivity contribution >= 4 is 137 Å². The molecule has 0 fully saturated rings. The van der Waals surface area contributed by atoms with Crippen LogP contribution >= 0.6 is 28.2 Å². The summed E-state index contributed by atoms with van der Waals surface area (Å²) in [5.74, 6) is 1.23. The number of benzene rings is 12. The van der Waals surface area contributed by atoms with E-state index in [9.17, 15) is 0 Å². The van der Waals surface area contributed by atoms with Gasteiger partial charge >= 0.3 is 16.5 Å². The monoisotopic (exact) mass is 946 g/mol. The molecular weight excluding hydrogens is 911 g/mol. The molecule has 9 heteroatoms. The van der Waals surface area contributed by atoms with E-state index < -0.39 is 16.5 Å². The van der Waals surface area contributed by atoms with Gasteiger partial charge in [0.2, 0.25) is 0 Å². The zero-order valence-corrected chi connectivity index (χ0v) is 39.1. The van der Waals surface area contributed by atoms with Crippen LogP contribution in [0.2, 0.25) is 0 Å². The average molecular weight is 947 g/mol. The van der Waals surface area contributed by atoms with Gasteiger partial charge in [0.25, 0.3) is 0 Å². The fraction of sp³-hybridized carbons (Fsp3) is 0. The Morgan fingerprint density at radius 2 is 0.507 bits per heavy atom. The second-order valence-corrected chi connectivity index (χ2v) is 20.0. The molecule has 0 saturated heterocycles. The van der Waals surface area contributed by atoms with Crippen LogP contribution < -0.4 is 9.05 Å². The Hall–Kier alpha value is -8.05. The molecule has 0 spiro atoms. The molecule has 69 heavy (non-hydrogen) atoms. The van der Waals surface area contributed by atoms with Crippen molar-refractivity contribution in [2.75, 3.05) is 0 Å². The van der Waals surface area contributed by atoms with Crippen LogP contribution in [0, 0.1) is 0 Å². The van der Waals surface area contributed by atoms with E-state index in [0.29, 0.717) is 33.8 Å². The second-order valence-electron chi connectivity index (χ2n) is 17.0. The van der Waals surface area contributed by atoms with E-state index in [4.69, 9.17) is 25.8 Å². The maximum atomic E-state index is 7.06.